The molecule has 116 valence electrons. The highest BCUT2D eigenvalue weighted by atomic mass is 16.5. The maximum absolute atomic E-state index is 10.7. The molecule has 4 N–H and O–H groups in total. The van der Waals surface area contributed by atoms with Crippen LogP contribution in [0.25, 0.3) is 0 Å². The predicted octanol–water partition coefficient (Wildman–Crippen LogP) is 0.688. The average Bonchev–Trinajstić information content (AvgIpc) is 2.69. The van der Waals surface area contributed by atoms with Crippen molar-refractivity contribution in [2.24, 2.45) is 0 Å². The molecular weight excluding hydrogens is 270 g/mol. The first kappa shape index (κ1) is 14.6. The number of nitrogens with one attached hydrogen (secondary N) is 1. The monoisotopic (exact) mass is 293 g/mol. The van der Waals surface area contributed by atoms with Gasteiger partial charge in [-0.1, -0.05) is 13.0 Å². The molecule has 1 fully saturated rings. The average molecular weight is 293 g/mol. The second-order valence-electron chi connectivity index (χ2n) is 6.21. The van der Waals surface area contributed by atoms with E-state index in [2.05, 4.69) is 5.32 Å². The molecule has 0 radical (unpaired) electrons. The van der Waals surface area contributed by atoms with Gasteiger partial charge in [-0.15, -0.1) is 0 Å². The molecule has 4 atom stereocenters. The lowest BCUT2D eigenvalue weighted by Gasteiger charge is -2.40. The zero-order chi connectivity index (χ0) is 15.2. The third-order valence-electron chi connectivity index (χ3n) is 5.08. The minimum atomic E-state index is -0.647. The molecule has 2 aliphatic rings. The van der Waals surface area contributed by atoms with Gasteiger partial charge < -0.3 is 25.4 Å². The first-order valence-corrected chi connectivity index (χ1v) is 7.52. The molecule has 0 saturated carbocycles. The zero-order valence-corrected chi connectivity index (χ0v) is 12.5. The molecule has 0 spiro atoms. The molecule has 1 saturated heterocycles. The SMILES string of the molecule is CCC(O)CC12CNC(Cc3ccc(OC)c(O)c31)C2O. The van der Waals surface area contributed by atoms with E-state index < -0.39 is 17.6 Å². The van der Waals surface area contributed by atoms with E-state index in [9.17, 15) is 15.3 Å². The van der Waals surface area contributed by atoms with Crippen molar-refractivity contribution >= 4 is 0 Å². The number of benzene rings is 1. The Hall–Kier alpha value is -1.30. The number of fused-ring (bicyclic) bond motifs is 4. The lowest BCUT2D eigenvalue weighted by Crippen LogP contribution is -2.48. The molecule has 21 heavy (non-hydrogen) atoms. The second-order valence-corrected chi connectivity index (χ2v) is 6.21. The summed E-state index contributed by atoms with van der Waals surface area (Å²) in [5.74, 6) is 0.510. The van der Waals surface area contributed by atoms with Crippen LogP contribution in [0.1, 0.15) is 30.9 Å². The highest BCUT2D eigenvalue weighted by molar-refractivity contribution is 5.57. The maximum Gasteiger partial charge on any atom is 0.161 e. The van der Waals surface area contributed by atoms with Crippen molar-refractivity contribution < 1.29 is 20.1 Å². The first-order valence-electron chi connectivity index (χ1n) is 7.52. The summed E-state index contributed by atoms with van der Waals surface area (Å²) in [6, 6.07) is 3.69. The van der Waals surface area contributed by atoms with Crippen LogP contribution in [0, 0.1) is 0 Å². The van der Waals surface area contributed by atoms with E-state index in [0.29, 0.717) is 31.6 Å². The van der Waals surface area contributed by atoms with Gasteiger partial charge in [-0.2, -0.15) is 0 Å². The summed E-state index contributed by atoms with van der Waals surface area (Å²) in [6.07, 6.45) is 0.625. The van der Waals surface area contributed by atoms with Crippen molar-refractivity contribution in [2.75, 3.05) is 13.7 Å². The largest absolute Gasteiger partial charge is 0.504 e. The highest BCUT2D eigenvalue weighted by Crippen LogP contribution is 2.50. The molecule has 5 nitrogen and oxygen atoms in total. The van der Waals surface area contributed by atoms with E-state index in [0.717, 1.165) is 11.1 Å². The van der Waals surface area contributed by atoms with E-state index in [-0.39, 0.29) is 11.8 Å². The van der Waals surface area contributed by atoms with Crippen LogP contribution >= 0.6 is 0 Å². The fourth-order valence-corrected chi connectivity index (χ4v) is 3.94. The predicted molar refractivity (Wildman–Crippen MR) is 78.8 cm³/mol. The van der Waals surface area contributed by atoms with Crippen LogP contribution in [-0.4, -0.2) is 47.2 Å². The number of hydrogen-bond donors (Lipinski definition) is 4. The van der Waals surface area contributed by atoms with Crippen molar-refractivity contribution in [3.8, 4) is 11.5 Å². The van der Waals surface area contributed by atoms with Gasteiger partial charge in [-0.05, 0) is 30.9 Å². The molecule has 0 aromatic heterocycles. The molecule has 2 bridgehead atoms. The van der Waals surface area contributed by atoms with Crippen LogP contribution < -0.4 is 10.1 Å². The summed E-state index contributed by atoms with van der Waals surface area (Å²) in [5, 5.41) is 34.8. The van der Waals surface area contributed by atoms with Gasteiger partial charge in [0.1, 0.15) is 0 Å². The zero-order valence-electron chi connectivity index (χ0n) is 12.5. The van der Waals surface area contributed by atoms with Crippen LogP contribution in [0.2, 0.25) is 0 Å². The van der Waals surface area contributed by atoms with Crippen LogP contribution in [-0.2, 0) is 11.8 Å². The molecule has 1 aromatic carbocycles. The molecule has 1 aliphatic heterocycles. The lowest BCUT2D eigenvalue weighted by atomic mass is 9.66. The second kappa shape index (κ2) is 5.16. The molecule has 3 rings (SSSR count). The smallest absolute Gasteiger partial charge is 0.161 e. The number of aliphatic hydroxyl groups is 2. The molecule has 4 unspecified atom stereocenters. The summed E-state index contributed by atoms with van der Waals surface area (Å²) >= 11 is 0. The molecule has 5 heteroatoms. The summed E-state index contributed by atoms with van der Waals surface area (Å²) in [5.41, 5.74) is 1.12. The number of aromatic hydroxyl groups is 1. The quantitative estimate of drug-likeness (QED) is 0.656. The van der Waals surface area contributed by atoms with Crippen molar-refractivity contribution in [1.29, 1.82) is 0 Å². The number of rotatable bonds is 4. The molecular formula is C16H23NO4. The van der Waals surface area contributed by atoms with Gasteiger partial charge in [0.2, 0.25) is 0 Å². The first-order chi connectivity index (χ1) is 10.0. The van der Waals surface area contributed by atoms with Gasteiger partial charge in [0.05, 0.1) is 19.3 Å². The Balaban J connectivity index is 2.15. The van der Waals surface area contributed by atoms with Gasteiger partial charge in [0.15, 0.2) is 11.5 Å². The van der Waals surface area contributed by atoms with Crippen LogP contribution in [0.3, 0.4) is 0 Å². The Morgan fingerprint density at radius 1 is 1.48 bits per heavy atom. The van der Waals surface area contributed by atoms with E-state index in [4.69, 9.17) is 4.74 Å². The van der Waals surface area contributed by atoms with Gasteiger partial charge in [0.25, 0.3) is 0 Å². The number of methoxy groups -OCH3 is 1. The molecule has 1 aliphatic carbocycles. The van der Waals surface area contributed by atoms with Gasteiger partial charge in [0, 0.05) is 23.6 Å². The normalized spacial score (nSPS) is 31.8. The highest BCUT2D eigenvalue weighted by Gasteiger charge is 2.55. The van der Waals surface area contributed by atoms with Crippen molar-refractivity contribution in [2.45, 2.75) is 49.9 Å². The van der Waals surface area contributed by atoms with Crippen LogP contribution in [0.15, 0.2) is 12.1 Å². The van der Waals surface area contributed by atoms with E-state index >= 15 is 0 Å². The number of phenolic OH excluding ortho intramolecular Hbond substituents is 1. The molecule has 1 heterocycles. The van der Waals surface area contributed by atoms with E-state index in [1.165, 1.54) is 7.11 Å². The van der Waals surface area contributed by atoms with Gasteiger partial charge in [-0.3, -0.25) is 0 Å². The third-order valence-corrected chi connectivity index (χ3v) is 5.08. The lowest BCUT2D eigenvalue weighted by molar-refractivity contribution is 0.0430. The van der Waals surface area contributed by atoms with Crippen LogP contribution in [0.4, 0.5) is 0 Å². The van der Waals surface area contributed by atoms with Gasteiger partial charge >= 0.3 is 0 Å². The maximum atomic E-state index is 10.7. The summed E-state index contributed by atoms with van der Waals surface area (Å²) in [7, 11) is 1.52. The van der Waals surface area contributed by atoms with Crippen molar-refractivity contribution in [1.82, 2.24) is 5.32 Å². The molecule has 1 aromatic rings. The fraction of sp³-hybridized carbons (Fsp3) is 0.625. The molecule has 0 amide bonds. The number of ether oxygens (including phenoxy) is 1. The minimum Gasteiger partial charge on any atom is -0.504 e. The Labute approximate surface area is 124 Å². The number of hydrogen-bond acceptors (Lipinski definition) is 5. The minimum absolute atomic E-state index is 0.0191. The third kappa shape index (κ3) is 2.03. The van der Waals surface area contributed by atoms with E-state index in [1.807, 2.05) is 13.0 Å². The van der Waals surface area contributed by atoms with Crippen molar-refractivity contribution in [3.63, 3.8) is 0 Å². The van der Waals surface area contributed by atoms with Gasteiger partial charge in [-0.25, -0.2) is 0 Å². The number of phenols is 1. The standard InChI is InChI=1S/C16H23NO4/c1-3-10(18)7-16-8-17-11(15(16)20)6-9-4-5-12(21-2)14(19)13(9)16/h4-5,10-11,15,17-20H,3,6-8H2,1-2H3. The van der Waals surface area contributed by atoms with Crippen LogP contribution in [0.5, 0.6) is 11.5 Å². The van der Waals surface area contributed by atoms with Crippen molar-refractivity contribution in [3.05, 3.63) is 23.3 Å². The topological polar surface area (TPSA) is 82.0 Å². The Morgan fingerprint density at radius 3 is 2.90 bits per heavy atom. The van der Waals surface area contributed by atoms with E-state index in [1.54, 1.807) is 6.07 Å². The summed E-state index contributed by atoms with van der Waals surface area (Å²) < 4.78 is 5.21. The number of aliphatic hydroxyl groups excluding tert-OH is 2. The fourth-order valence-electron chi connectivity index (χ4n) is 3.94. The Kier molecular flexibility index (Phi) is 3.59. The summed E-state index contributed by atoms with van der Waals surface area (Å²) in [6.45, 7) is 2.48. The Bertz CT molecular complexity index is 547. The summed E-state index contributed by atoms with van der Waals surface area (Å²) in [4.78, 5) is 0. The Morgan fingerprint density at radius 2 is 2.24 bits per heavy atom.